The predicted molar refractivity (Wildman–Crippen MR) is 137 cm³/mol. The maximum absolute atomic E-state index is 13.4. The van der Waals surface area contributed by atoms with Gasteiger partial charge in [-0.3, -0.25) is 4.79 Å². The summed E-state index contributed by atoms with van der Waals surface area (Å²) in [7, 11) is 0. The standard InChI is InChI=1S/C29H42O5/c1-5-7-9-11-13-21-15-23(27(32)17-25(21)30)19(3)29(34)20(4)24-16-22(14-12-10-8-6-2)26(31)18-28(24)33/h15-20,30-33H,5-14H2,1-4H3. The second kappa shape index (κ2) is 13.3. The van der Waals surface area contributed by atoms with Crippen molar-refractivity contribution >= 4 is 5.78 Å². The summed E-state index contributed by atoms with van der Waals surface area (Å²) in [6, 6.07) is 6.13. The normalized spacial score (nSPS) is 13.1. The summed E-state index contributed by atoms with van der Waals surface area (Å²) in [5, 5.41) is 41.5. The average Bonchev–Trinajstić information content (AvgIpc) is 2.80. The third-order valence-electron chi connectivity index (χ3n) is 6.84. The molecule has 0 saturated heterocycles. The van der Waals surface area contributed by atoms with Gasteiger partial charge in [0.2, 0.25) is 0 Å². The number of ketones is 1. The van der Waals surface area contributed by atoms with Gasteiger partial charge in [0, 0.05) is 35.1 Å². The maximum atomic E-state index is 13.4. The molecule has 0 amide bonds. The molecule has 0 saturated carbocycles. The summed E-state index contributed by atoms with van der Waals surface area (Å²) in [6.07, 6.45) is 9.91. The molecule has 0 heterocycles. The Bertz CT molecular complexity index is 875. The first-order valence-electron chi connectivity index (χ1n) is 12.8. The number of carbonyl (C=O) groups is 1. The first-order valence-corrected chi connectivity index (χ1v) is 12.8. The second-order valence-corrected chi connectivity index (χ2v) is 9.55. The lowest BCUT2D eigenvalue weighted by molar-refractivity contribution is -0.121. The summed E-state index contributed by atoms with van der Waals surface area (Å²) in [5.74, 6) is -1.49. The summed E-state index contributed by atoms with van der Waals surface area (Å²) < 4.78 is 0. The van der Waals surface area contributed by atoms with E-state index < -0.39 is 11.8 Å². The van der Waals surface area contributed by atoms with Crippen LogP contribution in [0.2, 0.25) is 0 Å². The van der Waals surface area contributed by atoms with E-state index in [0.717, 1.165) is 62.5 Å². The lowest BCUT2D eigenvalue weighted by Gasteiger charge is -2.21. The zero-order chi connectivity index (χ0) is 25.3. The molecule has 34 heavy (non-hydrogen) atoms. The Kier molecular flexibility index (Phi) is 10.7. The van der Waals surface area contributed by atoms with Gasteiger partial charge in [0.05, 0.1) is 0 Å². The van der Waals surface area contributed by atoms with E-state index in [1.165, 1.54) is 12.1 Å². The number of benzene rings is 2. The van der Waals surface area contributed by atoms with Gasteiger partial charge < -0.3 is 20.4 Å². The fourth-order valence-electron chi connectivity index (χ4n) is 4.54. The van der Waals surface area contributed by atoms with Gasteiger partial charge in [0.25, 0.3) is 0 Å². The number of aryl methyl sites for hydroxylation is 2. The monoisotopic (exact) mass is 470 g/mol. The van der Waals surface area contributed by atoms with Gasteiger partial charge in [-0.1, -0.05) is 66.2 Å². The van der Waals surface area contributed by atoms with Crippen molar-refractivity contribution in [1.82, 2.24) is 0 Å². The van der Waals surface area contributed by atoms with E-state index in [1.807, 2.05) is 0 Å². The molecule has 5 nitrogen and oxygen atoms in total. The Morgan fingerprint density at radius 1 is 0.618 bits per heavy atom. The third-order valence-corrected chi connectivity index (χ3v) is 6.84. The third kappa shape index (κ3) is 7.15. The highest BCUT2D eigenvalue weighted by Crippen LogP contribution is 2.39. The predicted octanol–water partition coefficient (Wildman–Crippen LogP) is 7.23. The van der Waals surface area contributed by atoms with Gasteiger partial charge in [-0.05, 0) is 48.9 Å². The van der Waals surface area contributed by atoms with Crippen LogP contribution in [0.5, 0.6) is 23.0 Å². The van der Waals surface area contributed by atoms with Crippen LogP contribution in [0.4, 0.5) is 0 Å². The SMILES string of the molecule is CCCCCCc1cc(C(C)C(=O)C(C)c2cc(CCCCCC)c(O)cc2O)c(O)cc1O. The van der Waals surface area contributed by atoms with Crippen LogP contribution in [0.3, 0.4) is 0 Å². The van der Waals surface area contributed by atoms with E-state index in [-0.39, 0.29) is 28.8 Å². The Balaban J connectivity index is 2.23. The fourth-order valence-corrected chi connectivity index (χ4v) is 4.54. The molecule has 2 atom stereocenters. The van der Waals surface area contributed by atoms with Crippen molar-refractivity contribution in [3.8, 4) is 23.0 Å². The number of phenols is 4. The van der Waals surface area contributed by atoms with Gasteiger partial charge in [-0.15, -0.1) is 0 Å². The number of phenolic OH excluding ortho intramolecular Hbond substituents is 4. The molecule has 0 aromatic heterocycles. The first kappa shape index (κ1) is 27.6. The Morgan fingerprint density at radius 2 is 1.00 bits per heavy atom. The lowest BCUT2D eigenvalue weighted by atomic mass is 9.83. The molecule has 0 radical (unpaired) electrons. The Morgan fingerprint density at radius 3 is 1.35 bits per heavy atom. The zero-order valence-electron chi connectivity index (χ0n) is 21.2. The number of aromatic hydroxyl groups is 4. The fraction of sp³-hybridized carbons (Fsp3) is 0.552. The molecule has 0 aliphatic rings. The number of hydrogen-bond acceptors (Lipinski definition) is 5. The molecular weight excluding hydrogens is 428 g/mol. The van der Waals surface area contributed by atoms with Crippen molar-refractivity contribution in [2.75, 3.05) is 0 Å². The number of carbonyl (C=O) groups excluding carboxylic acids is 1. The highest BCUT2D eigenvalue weighted by molar-refractivity contribution is 5.92. The van der Waals surface area contributed by atoms with Gasteiger partial charge in [0.1, 0.15) is 28.8 Å². The molecule has 0 aliphatic carbocycles. The molecule has 0 spiro atoms. The van der Waals surface area contributed by atoms with Gasteiger partial charge in [0.15, 0.2) is 0 Å². The van der Waals surface area contributed by atoms with Gasteiger partial charge in [-0.25, -0.2) is 0 Å². The lowest BCUT2D eigenvalue weighted by Crippen LogP contribution is -2.17. The number of hydrogen-bond donors (Lipinski definition) is 4. The van der Waals surface area contributed by atoms with E-state index in [2.05, 4.69) is 13.8 Å². The first-order chi connectivity index (χ1) is 16.2. The van der Waals surface area contributed by atoms with Crippen molar-refractivity contribution in [3.05, 3.63) is 46.5 Å². The Labute approximate surface area is 204 Å². The number of unbranched alkanes of at least 4 members (excludes halogenated alkanes) is 6. The molecule has 4 N–H and O–H groups in total. The second-order valence-electron chi connectivity index (χ2n) is 9.55. The Hall–Kier alpha value is -2.69. The van der Waals surface area contributed by atoms with Crippen LogP contribution in [0.25, 0.3) is 0 Å². The van der Waals surface area contributed by atoms with Crippen LogP contribution < -0.4 is 0 Å². The zero-order valence-corrected chi connectivity index (χ0v) is 21.2. The summed E-state index contributed by atoms with van der Waals surface area (Å²) in [5.41, 5.74) is 2.44. The minimum atomic E-state index is -0.619. The molecule has 0 aliphatic heterocycles. The van der Waals surface area contributed by atoms with Crippen LogP contribution in [0, 0.1) is 0 Å². The minimum Gasteiger partial charge on any atom is -0.508 e. The van der Waals surface area contributed by atoms with Crippen LogP contribution in [0.15, 0.2) is 24.3 Å². The van der Waals surface area contributed by atoms with Crippen molar-refractivity contribution in [2.24, 2.45) is 0 Å². The van der Waals surface area contributed by atoms with Crippen molar-refractivity contribution < 1.29 is 25.2 Å². The molecule has 0 bridgehead atoms. The summed E-state index contributed by atoms with van der Waals surface area (Å²) in [4.78, 5) is 13.4. The number of Topliss-reactive ketones (excluding diaryl/α,β-unsaturated/α-hetero) is 1. The van der Waals surface area contributed by atoms with E-state index in [4.69, 9.17) is 0 Å². The summed E-state index contributed by atoms with van der Waals surface area (Å²) >= 11 is 0. The molecule has 2 unspecified atom stereocenters. The van der Waals surface area contributed by atoms with E-state index in [1.54, 1.807) is 26.0 Å². The van der Waals surface area contributed by atoms with E-state index in [0.29, 0.717) is 24.0 Å². The van der Waals surface area contributed by atoms with Gasteiger partial charge >= 0.3 is 0 Å². The molecule has 188 valence electrons. The molecule has 2 aromatic carbocycles. The van der Waals surface area contributed by atoms with Crippen LogP contribution in [0.1, 0.15) is 113 Å². The van der Waals surface area contributed by atoms with Crippen molar-refractivity contribution in [1.29, 1.82) is 0 Å². The molecule has 5 heteroatoms. The topological polar surface area (TPSA) is 98.0 Å². The maximum Gasteiger partial charge on any atom is 0.147 e. The largest absolute Gasteiger partial charge is 0.508 e. The highest BCUT2D eigenvalue weighted by Gasteiger charge is 2.28. The van der Waals surface area contributed by atoms with E-state index in [9.17, 15) is 25.2 Å². The molecule has 2 aromatic rings. The molecule has 0 fully saturated rings. The van der Waals surface area contributed by atoms with Crippen molar-refractivity contribution in [3.63, 3.8) is 0 Å². The summed E-state index contributed by atoms with van der Waals surface area (Å²) in [6.45, 7) is 7.78. The van der Waals surface area contributed by atoms with E-state index >= 15 is 0 Å². The van der Waals surface area contributed by atoms with Crippen LogP contribution >= 0.6 is 0 Å². The highest BCUT2D eigenvalue weighted by atomic mass is 16.3. The average molecular weight is 471 g/mol. The van der Waals surface area contributed by atoms with Crippen molar-refractivity contribution in [2.45, 2.75) is 104 Å². The smallest absolute Gasteiger partial charge is 0.147 e. The molecule has 2 rings (SSSR count). The minimum absolute atomic E-state index is 0.0503. The van der Waals surface area contributed by atoms with Gasteiger partial charge in [-0.2, -0.15) is 0 Å². The van der Waals surface area contributed by atoms with Crippen LogP contribution in [-0.4, -0.2) is 26.2 Å². The number of rotatable bonds is 14. The molecular formula is C29H42O5. The van der Waals surface area contributed by atoms with Crippen LogP contribution in [-0.2, 0) is 17.6 Å². The quantitative estimate of drug-likeness (QED) is 0.218.